The number of carbonyl (C=O) groups excluding carboxylic acids is 2. The van der Waals surface area contributed by atoms with Crippen molar-refractivity contribution in [3.63, 3.8) is 0 Å². The lowest BCUT2D eigenvalue weighted by molar-refractivity contribution is -0.134. The Balaban J connectivity index is 1.32. The normalized spacial score (nSPS) is 17.6. The maximum atomic E-state index is 12.8. The fourth-order valence-electron chi connectivity index (χ4n) is 4.53. The monoisotopic (exact) mass is 485 g/mol. The smallest absolute Gasteiger partial charge is 0.243 e. The highest BCUT2D eigenvalue weighted by atomic mass is 32.2. The molecule has 2 fully saturated rings. The first-order valence-corrected chi connectivity index (χ1v) is 13.2. The summed E-state index contributed by atoms with van der Waals surface area (Å²) < 4.78 is 27.1. The van der Waals surface area contributed by atoms with Crippen LogP contribution < -0.4 is 5.32 Å². The zero-order chi connectivity index (χ0) is 24.1. The average Bonchev–Trinajstić information content (AvgIpc) is 3.40. The molecule has 2 aliphatic rings. The molecule has 9 heteroatoms. The third kappa shape index (κ3) is 5.59. The summed E-state index contributed by atoms with van der Waals surface area (Å²) in [5.74, 6) is -0.679. The van der Waals surface area contributed by atoms with E-state index in [0.29, 0.717) is 51.9 Å². The molecule has 0 unspecified atom stereocenters. The van der Waals surface area contributed by atoms with E-state index in [0.717, 1.165) is 18.4 Å². The second kappa shape index (κ2) is 10.6. The van der Waals surface area contributed by atoms with Crippen LogP contribution in [-0.2, 0) is 26.0 Å². The summed E-state index contributed by atoms with van der Waals surface area (Å²) in [7, 11) is -3.65. The van der Waals surface area contributed by atoms with Crippen LogP contribution in [0.5, 0.6) is 5.75 Å². The molecule has 0 spiro atoms. The molecule has 2 saturated heterocycles. The second-order valence-corrected chi connectivity index (χ2v) is 10.9. The Bertz CT molecular complexity index is 1120. The van der Waals surface area contributed by atoms with Crippen LogP contribution in [0.3, 0.4) is 0 Å². The standard InChI is InChI=1S/C25H31N3O5S/c29-23-10-9-21(34(32,33)28-14-4-5-15-28)18-22(23)26-25(31)20-12-16-27(17-13-20)24(30)11-8-19-6-2-1-3-7-19/h1-3,6-7,9-10,18,20,29H,4-5,8,11-17H2,(H,26,31). The van der Waals surface area contributed by atoms with Gasteiger partial charge < -0.3 is 15.3 Å². The molecule has 2 aromatic carbocycles. The van der Waals surface area contributed by atoms with Crippen molar-refractivity contribution < 1.29 is 23.1 Å². The first kappa shape index (κ1) is 24.2. The number of piperidine rings is 1. The summed E-state index contributed by atoms with van der Waals surface area (Å²) in [6.07, 6.45) is 3.83. The molecule has 8 nitrogen and oxygen atoms in total. The van der Waals surface area contributed by atoms with Crippen LogP contribution in [0.25, 0.3) is 0 Å². The molecule has 2 N–H and O–H groups in total. The van der Waals surface area contributed by atoms with Crippen molar-refractivity contribution >= 4 is 27.5 Å². The number of phenolic OH excluding ortho intramolecular Hbond substituents is 1. The minimum absolute atomic E-state index is 0.0568. The number of carbonyl (C=O) groups is 2. The van der Waals surface area contributed by atoms with Crippen molar-refractivity contribution in [1.29, 1.82) is 0 Å². The second-order valence-electron chi connectivity index (χ2n) is 8.92. The van der Waals surface area contributed by atoms with Gasteiger partial charge in [-0.25, -0.2) is 8.42 Å². The van der Waals surface area contributed by atoms with Gasteiger partial charge in [0.2, 0.25) is 21.8 Å². The lowest BCUT2D eigenvalue weighted by Gasteiger charge is -2.31. The van der Waals surface area contributed by atoms with E-state index >= 15 is 0 Å². The zero-order valence-electron chi connectivity index (χ0n) is 19.2. The average molecular weight is 486 g/mol. The molecule has 0 aromatic heterocycles. The van der Waals surface area contributed by atoms with Gasteiger partial charge >= 0.3 is 0 Å². The fourth-order valence-corrected chi connectivity index (χ4v) is 6.08. The van der Waals surface area contributed by atoms with Crippen molar-refractivity contribution in [2.45, 2.75) is 43.4 Å². The van der Waals surface area contributed by atoms with Gasteiger partial charge in [-0.3, -0.25) is 9.59 Å². The molecule has 2 aromatic rings. The van der Waals surface area contributed by atoms with Gasteiger partial charge in [-0.2, -0.15) is 4.31 Å². The molecule has 2 amide bonds. The molecule has 0 bridgehead atoms. The van der Waals surface area contributed by atoms with Crippen LogP contribution in [0.4, 0.5) is 5.69 Å². The molecule has 2 aliphatic heterocycles. The number of anilines is 1. The number of phenols is 1. The molecule has 2 heterocycles. The predicted molar refractivity (Wildman–Crippen MR) is 129 cm³/mol. The van der Waals surface area contributed by atoms with E-state index in [1.165, 1.54) is 22.5 Å². The highest BCUT2D eigenvalue weighted by Crippen LogP contribution is 2.30. The summed E-state index contributed by atoms with van der Waals surface area (Å²) in [5.41, 5.74) is 1.21. The number of aromatic hydroxyl groups is 1. The number of hydrogen-bond donors (Lipinski definition) is 2. The van der Waals surface area contributed by atoms with Gasteiger partial charge in [-0.05, 0) is 55.9 Å². The molecule has 182 valence electrons. The predicted octanol–water partition coefficient (Wildman–Crippen LogP) is 2.99. The minimum atomic E-state index is -3.65. The van der Waals surface area contributed by atoms with Gasteiger partial charge in [0, 0.05) is 38.5 Å². The molecule has 34 heavy (non-hydrogen) atoms. The molecular formula is C25H31N3O5S. The lowest BCUT2D eigenvalue weighted by Crippen LogP contribution is -2.41. The molecule has 0 radical (unpaired) electrons. The summed E-state index contributed by atoms with van der Waals surface area (Å²) in [6.45, 7) is 1.96. The number of benzene rings is 2. The van der Waals surface area contributed by atoms with E-state index in [2.05, 4.69) is 5.32 Å². The number of nitrogens with one attached hydrogen (secondary N) is 1. The van der Waals surface area contributed by atoms with Crippen molar-refractivity contribution in [3.8, 4) is 5.75 Å². The van der Waals surface area contributed by atoms with Crippen LogP contribution in [0.15, 0.2) is 53.4 Å². The van der Waals surface area contributed by atoms with Gasteiger partial charge in [0.25, 0.3) is 0 Å². The zero-order valence-corrected chi connectivity index (χ0v) is 20.0. The van der Waals surface area contributed by atoms with E-state index in [1.54, 1.807) is 4.90 Å². The first-order valence-electron chi connectivity index (χ1n) is 11.8. The number of rotatable bonds is 7. The number of likely N-dealkylation sites (tertiary alicyclic amines) is 1. The van der Waals surface area contributed by atoms with Crippen LogP contribution in [-0.4, -0.2) is 60.7 Å². The van der Waals surface area contributed by atoms with Gasteiger partial charge in [-0.1, -0.05) is 30.3 Å². The van der Waals surface area contributed by atoms with Crippen molar-refractivity contribution in [1.82, 2.24) is 9.21 Å². The van der Waals surface area contributed by atoms with Gasteiger partial charge in [0.05, 0.1) is 10.6 Å². The molecule has 0 saturated carbocycles. The Morgan fingerprint density at radius 1 is 0.971 bits per heavy atom. The van der Waals surface area contributed by atoms with Crippen LogP contribution in [0, 0.1) is 5.92 Å². The van der Waals surface area contributed by atoms with Crippen molar-refractivity contribution in [3.05, 3.63) is 54.1 Å². The third-order valence-electron chi connectivity index (χ3n) is 6.62. The van der Waals surface area contributed by atoms with Crippen LogP contribution >= 0.6 is 0 Å². The van der Waals surface area contributed by atoms with E-state index in [4.69, 9.17) is 0 Å². The first-order chi connectivity index (χ1) is 16.3. The largest absolute Gasteiger partial charge is 0.506 e. The number of aryl methyl sites for hydroxylation is 1. The summed E-state index contributed by atoms with van der Waals surface area (Å²) in [6, 6.07) is 13.9. The Morgan fingerprint density at radius 3 is 2.32 bits per heavy atom. The maximum absolute atomic E-state index is 12.8. The van der Waals surface area contributed by atoms with Crippen molar-refractivity contribution in [2.75, 3.05) is 31.5 Å². The van der Waals surface area contributed by atoms with E-state index in [9.17, 15) is 23.1 Å². The highest BCUT2D eigenvalue weighted by molar-refractivity contribution is 7.89. The fraction of sp³-hybridized carbons (Fsp3) is 0.440. The highest BCUT2D eigenvalue weighted by Gasteiger charge is 2.30. The number of nitrogens with zero attached hydrogens (tertiary/aromatic N) is 2. The number of amides is 2. The maximum Gasteiger partial charge on any atom is 0.243 e. The molecule has 4 rings (SSSR count). The lowest BCUT2D eigenvalue weighted by atomic mass is 9.95. The Hall–Kier alpha value is -2.91. The summed E-state index contributed by atoms with van der Waals surface area (Å²) in [4.78, 5) is 27.3. The van der Waals surface area contributed by atoms with E-state index < -0.39 is 10.0 Å². The van der Waals surface area contributed by atoms with Crippen LogP contribution in [0.1, 0.15) is 37.7 Å². The van der Waals surface area contributed by atoms with E-state index in [1.807, 2.05) is 30.3 Å². The Morgan fingerprint density at radius 2 is 1.65 bits per heavy atom. The SMILES string of the molecule is O=C(Nc1cc(S(=O)(=O)N2CCCC2)ccc1O)C1CCN(C(=O)CCc2ccccc2)CC1. The molecule has 0 aliphatic carbocycles. The summed E-state index contributed by atoms with van der Waals surface area (Å²) in [5, 5.41) is 12.9. The quantitative estimate of drug-likeness (QED) is 0.587. The summed E-state index contributed by atoms with van der Waals surface area (Å²) >= 11 is 0. The van der Waals surface area contributed by atoms with E-state index in [-0.39, 0.29) is 34.1 Å². The topological polar surface area (TPSA) is 107 Å². The number of sulfonamides is 1. The Labute approximate surface area is 200 Å². The van der Waals surface area contributed by atoms with Crippen LogP contribution in [0.2, 0.25) is 0 Å². The third-order valence-corrected chi connectivity index (χ3v) is 8.51. The van der Waals surface area contributed by atoms with Crippen molar-refractivity contribution in [2.24, 2.45) is 5.92 Å². The van der Waals surface area contributed by atoms with Gasteiger partial charge in [-0.15, -0.1) is 0 Å². The molecule has 0 atom stereocenters. The molecular weight excluding hydrogens is 454 g/mol. The minimum Gasteiger partial charge on any atom is -0.506 e. The van der Waals surface area contributed by atoms with Gasteiger partial charge in [0.15, 0.2) is 0 Å². The Kier molecular flexibility index (Phi) is 7.53. The number of hydrogen-bond acceptors (Lipinski definition) is 5. The van der Waals surface area contributed by atoms with Gasteiger partial charge in [0.1, 0.15) is 5.75 Å².